The molecule has 0 bridgehead atoms. The fourth-order valence-corrected chi connectivity index (χ4v) is 6.70. The minimum absolute atomic E-state index is 0.196. The molecule has 58 heavy (non-hydrogen) atoms. The van der Waals surface area contributed by atoms with Crippen molar-refractivity contribution in [3.63, 3.8) is 0 Å². The van der Waals surface area contributed by atoms with Gasteiger partial charge < -0.3 is 4.81 Å². The Bertz CT molecular complexity index is 2330. The minimum Gasteiger partial charge on any atom is -0.323 e. The Morgan fingerprint density at radius 2 is 0.759 bits per heavy atom. The van der Waals surface area contributed by atoms with E-state index >= 15 is 52.7 Å². The summed E-state index contributed by atoms with van der Waals surface area (Å²) in [5.41, 5.74) is -10.4. The second-order valence-corrected chi connectivity index (χ2v) is 13.2. The van der Waals surface area contributed by atoms with Crippen LogP contribution in [0.1, 0.15) is 44.4 Å². The zero-order valence-corrected chi connectivity index (χ0v) is 30.2. The van der Waals surface area contributed by atoms with E-state index in [1.165, 1.54) is 75.0 Å². The molecule has 0 saturated carbocycles. The van der Waals surface area contributed by atoms with Crippen molar-refractivity contribution >= 4 is 35.4 Å². The predicted octanol–water partition coefficient (Wildman–Crippen LogP) is 9.77. The third-order valence-electron chi connectivity index (χ3n) is 9.10. The summed E-state index contributed by atoms with van der Waals surface area (Å²) in [5.74, 6) is -38.2. The van der Waals surface area contributed by atoms with Crippen molar-refractivity contribution in [3.05, 3.63) is 165 Å². The number of rotatable bonds is 9. The van der Waals surface area contributed by atoms with Crippen LogP contribution in [-0.4, -0.2) is 30.5 Å². The maximum atomic E-state index is 16.4. The molecule has 0 amide bonds. The van der Waals surface area contributed by atoms with Crippen LogP contribution in [0.25, 0.3) is 10.9 Å². The van der Waals surface area contributed by atoms with E-state index in [0.29, 0.717) is 0 Å². The lowest BCUT2D eigenvalue weighted by molar-refractivity contribution is 0.311. The first-order valence-corrected chi connectivity index (χ1v) is 16.9. The van der Waals surface area contributed by atoms with E-state index < -0.39 is 146 Å². The molecule has 0 saturated heterocycles. The summed E-state index contributed by atoms with van der Waals surface area (Å²) in [4.78, 5) is 1.36. The highest BCUT2D eigenvalue weighted by Crippen LogP contribution is 2.39. The van der Waals surface area contributed by atoms with Crippen LogP contribution >= 0.6 is 0 Å². The molecule has 5 aromatic carbocycles. The van der Waals surface area contributed by atoms with Gasteiger partial charge in [-0.3, -0.25) is 0 Å². The molecule has 0 heterocycles. The molecule has 0 aliphatic heterocycles. The van der Waals surface area contributed by atoms with E-state index in [4.69, 9.17) is 0 Å². The zero-order chi connectivity index (χ0) is 43.1. The zero-order valence-electron chi connectivity index (χ0n) is 30.2. The second-order valence-electron chi connectivity index (χ2n) is 13.2. The van der Waals surface area contributed by atoms with Crippen LogP contribution < -0.4 is 10.9 Å². The molecule has 5 aromatic rings. The van der Waals surface area contributed by atoms with Gasteiger partial charge in [-0.05, 0) is 35.3 Å². The Labute approximate surface area is 322 Å². The van der Waals surface area contributed by atoms with Crippen LogP contribution in [0.5, 0.6) is 0 Å². The van der Waals surface area contributed by atoms with E-state index in [1.54, 1.807) is 6.07 Å². The second kappa shape index (κ2) is 17.1. The smallest absolute Gasteiger partial charge is 0.323 e. The molecule has 0 aliphatic carbocycles. The molecule has 1 nitrogen and oxygen atoms in total. The quantitative estimate of drug-likeness (QED) is 0.0358. The average Bonchev–Trinajstić information content (AvgIpc) is 3.20. The Balaban J connectivity index is 2.27. The van der Waals surface area contributed by atoms with Crippen molar-refractivity contribution < 1.29 is 65.9 Å². The van der Waals surface area contributed by atoms with Gasteiger partial charge in [-0.1, -0.05) is 87.6 Å². The summed E-state index contributed by atoms with van der Waals surface area (Å²) in [6.45, 7) is 0.303. The lowest BCUT2D eigenvalue weighted by Crippen LogP contribution is -2.54. The monoisotopic (exact) mass is 825 g/mol. The van der Waals surface area contributed by atoms with Gasteiger partial charge in [0.1, 0.15) is 0 Å². The van der Waals surface area contributed by atoms with Crippen molar-refractivity contribution in [1.29, 1.82) is 0 Å². The lowest BCUT2D eigenvalue weighted by Gasteiger charge is -2.37. The van der Waals surface area contributed by atoms with Crippen molar-refractivity contribution in [2.75, 3.05) is 0 Å². The standard InChI is InChI=1S/C40H24B2F15N/c1-17(2)58(18(3)4)41(16-15-19-11-7-5-8-12-19)22(20-13-9-6-10-14-20)23(21-26(43)32(49)38(55)33(50)27(21)44)42(24-28(45)34(51)39(56)35(52)29(24)46)25-30(47)36(53)40(57)37(54)31(25)48/h5-14,17-18H,1-4H3/b23-22+. The van der Waals surface area contributed by atoms with Crippen molar-refractivity contribution in [1.82, 2.24) is 4.81 Å². The molecule has 0 N–H and O–H groups in total. The van der Waals surface area contributed by atoms with E-state index in [9.17, 15) is 13.2 Å². The van der Waals surface area contributed by atoms with Gasteiger partial charge in [-0.2, -0.15) is 0 Å². The van der Waals surface area contributed by atoms with Crippen LogP contribution in [0.15, 0.2) is 60.7 Å². The van der Waals surface area contributed by atoms with Crippen molar-refractivity contribution in [2.24, 2.45) is 0 Å². The van der Waals surface area contributed by atoms with Gasteiger partial charge in [0.25, 0.3) is 6.71 Å². The predicted molar refractivity (Wildman–Crippen MR) is 188 cm³/mol. The molecule has 18 heteroatoms. The molecule has 5 rings (SSSR count). The normalized spacial score (nSPS) is 12.0. The summed E-state index contributed by atoms with van der Waals surface area (Å²) < 4.78 is 232. The van der Waals surface area contributed by atoms with Crippen LogP contribution in [0.3, 0.4) is 0 Å². The van der Waals surface area contributed by atoms with Gasteiger partial charge in [0, 0.05) is 22.1 Å². The first-order valence-electron chi connectivity index (χ1n) is 16.9. The van der Waals surface area contributed by atoms with Gasteiger partial charge in [-0.25, -0.2) is 65.9 Å². The molecule has 0 atom stereocenters. The summed E-state index contributed by atoms with van der Waals surface area (Å²) in [6, 6.07) is 11.7. The summed E-state index contributed by atoms with van der Waals surface area (Å²) in [5, 5.41) is 0. The lowest BCUT2D eigenvalue weighted by atomic mass is 9.31. The summed E-state index contributed by atoms with van der Waals surface area (Å²) >= 11 is 0. The number of hydrogen-bond acceptors (Lipinski definition) is 1. The Morgan fingerprint density at radius 1 is 0.431 bits per heavy atom. The Kier molecular flexibility index (Phi) is 12.9. The van der Waals surface area contributed by atoms with Crippen molar-refractivity contribution in [2.45, 2.75) is 39.8 Å². The van der Waals surface area contributed by atoms with Gasteiger partial charge in [0.15, 0.2) is 81.4 Å². The first kappa shape index (κ1) is 43.6. The molecule has 0 unspecified atom stereocenters. The first-order chi connectivity index (χ1) is 27.3. The van der Waals surface area contributed by atoms with Crippen LogP contribution in [0.4, 0.5) is 65.9 Å². The number of nitrogens with zero attached hydrogens (tertiary/aromatic N) is 1. The van der Waals surface area contributed by atoms with Crippen LogP contribution in [0, 0.1) is 99.0 Å². The largest absolute Gasteiger partial charge is 0.346 e. The van der Waals surface area contributed by atoms with E-state index in [1.807, 2.05) is 0 Å². The molecular weight excluding hydrogens is 801 g/mol. The maximum Gasteiger partial charge on any atom is 0.346 e. The fourth-order valence-electron chi connectivity index (χ4n) is 6.70. The summed E-state index contributed by atoms with van der Waals surface area (Å²) in [7, 11) is 0. The van der Waals surface area contributed by atoms with Gasteiger partial charge in [0.05, 0.1) is 0 Å². The summed E-state index contributed by atoms with van der Waals surface area (Å²) in [6.07, 6.45) is 0. The Hall–Kier alpha value is -5.56. The van der Waals surface area contributed by atoms with E-state index in [-0.39, 0.29) is 5.56 Å². The SMILES string of the molecule is CC(C)N(B(C#Cc1ccccc1)/C(=C(/B(c1c(F)c(F)c(F)c(F)c1F)c1c(F)c(F)c(F)c(F)c1F)c1c(F)c(F)c(F)c(F)c1F)c1ccccc1)C(C)C. The highest BCUT2D eigenvalue weighted by molar-refractivity contribution is 7.04. The highest BCUT2D eigenvalue weighted by Gasteiger charge is 2.47. The molecule has 0 spiro atoms. The molecule has 0 aromatic heterocycles. The number of halogens is 15. The molecule has 0 aliphatic rings. The average molecular weight is 825 g/mol. The fraction of sp³-hybridized carbons (Fsp3) is 0.150. The highest BCUT2D eigenvalue weighted by atomic mass is 19.2. The van der Waals surface area contributed by atoms with Gasteiger partial charge in [-0.15, -0.1) is 5.82 Å². The Morgan fingerprint density at radius 3 is 1.12 bits per heavy atom. The van der Waals surface area contributed by atoms with Crippen LogP contribution in [0.2, 0.25) is 0 Å². The van der Waals surface area contributed by atoms with Gasteiger partial charge >= 0.3 is 6.85 Å². The molecular formula is C40H24B2F15N. The molecule has 300 valence electrons. The van der Waals surface area contributed by atoms with E-state index in [2.05, 4.69) is 11.7 Å². The number of hydrogen-bond donors (Lipinski definition) is 0. The van der Waals surface area contributed by atoms with Crippen molar-refractivity contribution in [3.8, 4) is 11.7 Å². The molecule has 0 fully saturated rings. The topological polar surface area (TPSA) is 3.24 Å². The third kappa shape index (κ3) is 7.59. The minimum atomic E-state index is -3.81. The van der Waals surface area contributed by atoms with E-state index in [0.717, 1.165) is 12.1 Å². The number of benzene rings is 5. The molecule has 0 radical (unpaired) electrons. The van der Waals surface area contributed by atoms with Crippen LogP contribution in [-0.2, 0) is 0 Å². The van der Waals surface area contributed by atoms with Gasteiger partial charge in [0.2, 0.25) is 5.82 Å². The maximum absolute atomic E-state index is 16.4. The third-order valence-corrected chi connectivity index (χ3v) is 9.10.